The maximum absolute atomic E-state index is 12.9. The van der Waals surface area contributed by atoms with Gasteiger partial charge in [-0.2, -0.15) is 13.2 Å². The Balaban J connectivity index is 1.67. The van der Waals surface area contributed by atoms with E-state index in [4.69, 9.17) is 0 Å². The van der Waals surface area contributed by atoms with E-state index in [1.807, 2.05) is 25.1 Å². The third-order valence-corrected chi connectivity index (χ3v) is 5.51. The largest absolute Gasteiger partial charge is 0.433 e. The summed E-state index contributed by atoms with van der Waals surface area (Å²) in [5.74, 6) is -0.365. The third kappa shape index (κ3) is 3.16. The van der Waals surface area contributed by atoms with Crippen LogP contribution in [-0.4, -0.2) is 15.9 Å². The zero-order chi connectivity index (χ0) is 19.3. The number of carbonyl (C=O) groups is 1. The summed E-state index contributed by atoms with van der Waals surface area (Å²) in [5, 5.41) is 4.33. The average Bonchev–Trinajstić information content (AvgIpc) is 3.12. The lowest BCUT2D eigenvalue weighted by atomic mass is 10.1. The van der Waals surface area contributed by atoms with Gasteiger partial charge in [0.1, 0.15) is 10.5 Å². The zero-order valence-electron chi connectivity index (χ0n) is 14.4. The van der Waals surface area contributed by atoms with E-state index in [0.29, 0.717) is 21.5 Å². The number of carbonyl (C=O) groups excluding carboxylic acids is 1. The van der Waals surface area contributed by atoms with E-state index in [9.17, 15) is 18.0 Å². The molecule has 0 radical (unpaired) electrons. The number of fused-ring (bicyclic) bond motifs is 2. The quantitative estimate of drug-likeness (QED) is 0.464. The molecule has 0 spiro atoms. The number of H-pyrrole nitrogens is 1. The van der Waals surface area contributed by atoms with E-state index in [1.165, 1.54) is 6.07 Å². The second-order valence-corrected chi connectivity index (χ2v) is 7.31. The Bertz CT molecular complexity index is 1190. The Morgan fingerprint density at radius 3 is 2.67 bits per heavy atom. The molecule has 8 heteroatoms. The molecule has 0 unspecified atom stereocenters. The first-order valence-electron chi connectivity index (χ1n) is 8.10. The summed E-state index contributed by atoms with van der Waals surface area (Å²) in [4.78, 5) is 20.1. The highest BCUT2D eigenvalue weighted by atomic mass is 32.1. The van der Waals surface area contributed by atoms with Crippen molar-refractivity contribution in [1.29, 1.82) is 0 Å². The fourth-order valence-electron chi connectivity index (χ4n) is 3.02. The number of anilines is 1. The molecule has 1 amide bonds. The summed E-state index contributed by atoms with van der Waals surface area (Å²) in [6.45, 7) is 3.66. The van der Waals surface area contributed by atoms with Crippen LogP contribution in [0.4, 0.5) is 18.9 Å². The van der Waals surface area contributed by atoms with E-state index >= 15 is 0 Å². The molecule has 0 atom stereocenters. The number of hydrogen-bond donors (Lipinski definition) is 2. The molecule has 4 nitrogen and oxygen atoms in total. The molecule has 0 aliphatic rings. The topological polar surface area (TPSA) is 57.8 Å². The molecule has 4 rings (SSSR count). The van der Waals surface area contributed by atoms with Gasteiger partial charge in [-0.05, 0) is 55.8 Å². The fourth-order valence-corrected chi connectivity index (χ4v) is 4.09. The van der Waals surface area contributed by atoms with Crippen molar-refractivity contribution < 1.29 is 18.0 Å². The summed E-state index contributed by atoms with van der Waals surface area (Å²) >= 11 is 0.960. The third-order valence-electron chi connectivity index (χ3n) is 4.31. The average molecular weight is 389 g/mol. The van der Waals surface area contributed by atoms with E-state index in [-0.39, 0.29) is 10.7 Å². The van der Waals surface area contributed by atoms with Gasteiger partial charge in [-0.15, -0.1) is 11.3 Å². The number of aromatic amines is 1. The van der Waals surface area contributed by atoms with Gasteiger partial charge in [-0.25, -0.2) is 4.98 Å². The summed E-state index contributed by atoms with van der Waals surface area (Å²) < 4.78 is 38.6. The van der Waals surface area contributed by atoms with E-state index < -0.39 is 11.9 Å². The van der Waals surface area contributed by atoms with Crippen molar-refractivity contribution in [2.24, 2.45) is 0 Å². The highest BCUT2D eigenvalue weighted by molar-refractivity contribution is 7.20. The molecule has 0 bridgehead atoms. The highest BCUT2D eigenvalue weighted by Gasteiger charge is 2.33. The molecule has 4 aromatic rings. The lowest BCUT2D eigenvalue weighted by molar-refractivity contribution is -0.140. The number of alkyl halides is 3. The summed E-state index contributed by atoms with van der Waals surface area (Å²) in [5.41, 5.74) is 2.25. The number of thiophene rings is 1. The van der Waals surface area contributed by atoms with Gasteiger partial charge in [0.15, 0.2) is 0 Å². The first-order valence-corrected chi connectivity index (χ1v) is 8.92. The van der Waals surface area contributed by atoms with E-state index in [1.54, 1.807) is 13.0 Å². The summed E-state index contributed by atoms with van der Waals surface area (Å²) in [6.07, 6.45) is -4.52. The van der Waals surface area contributed by atoms with Gasteiger partial charge in [0, 0.05) is 27.7 Å². The molecule has 3 aromatic heterocycles. The maximum Gasteiger partial charge on any atom is 0.433 e. The van der Waals surface area contributed by atoms with Crippen LogP contribution >= 0.6 is 11.3 Å². The van der Waals surface area contributed by atoms with Crippen molar-refractivity contribution in [2.75, 3.05) is 5.32 Å². The van der Waals surface area contributed by atoms with Gasteiger partial charge < -0.3 is 10.3 Å². The number of hydrogen-bond acceptors (Lipinski definition) is 3. The minimum absolute atomic E-state index is 0.198. The minimum atomic E-state index is -4.52. The number of benzene rings is 1. The van der Waals surface area contributed by atoms with Crippen LogP contribution in [0, 0.1) is 13.8 Å². The number of halogens is 3. The molecule has 1 aromatic carbocycles. The Kier molecular flexibility index (Phi) is 3.96. The molecule has 0 saturated heterocycles. The van der Waals surface area contributed by atoms with Crippen molar-refractivity contribution in [3.05, 3.63) is 58.2 Å². The molecule has 0 fully saturated rings. The molecule has 138 valence electrons. The molecule has 3 heterocycles. The van der Waals surface area contributed by atoms with Crippen LogP contribution in [-0.2, 0) is 6.18 Å². The monoisotopic (exact) mass is 389 g/mol. The normalized spacial score (nSPS) is 12.0. The van der Waals surface area contributed by atoms with Crippen LogP contribution in [0.25, 0.3) is 21.1 Å². The van der Waals surface area contributed by atoms with Gasteiger partial charge >= 0.3 is 6.18 Å². The Morgan fingerprint density at radius 1 is 1.15 bits per heavy atom. The Hall–Kier alpha value is -2.87. The van der Waals surface area contributed by atoms with Gasteiger partial charge in [-0.3, -0.25) is 4.79 Å². The lowest BCUT2D eigenvalue weighted by Gasteiger charge is -2.05. The van der Waals surface area contributed by atoms with Gasteiger partial charge in [0.25, 0.3) is 5.91 Å². The smallest absolute Gasteiger partial charge is 0.359 e. The van der Waals surface area contributed by atoms with Crippen molar-refractivity contribution in [2.45, 2.75) is 20.0 Å². The highest BCUT2D eigenvalue weighted by Crippen LogP contribution is 2.34. The molecular formula is C19H14F3N3OS. The van der Waals surface area contributed by atoms with Gasteiger partial charge in [0.05, 0.1) is 4.88 Å². The predicted octanol–water partition coefficient (Wildman–Crippen LogP) is 5.67. The number of aromatic nitrogens is 2. The zero-order valence-corrected chi connectivity index (χ0v) is 15.2. The van der Waals surface area contributed by atoms with Crippen LogP contribution in [0.3, 0.4) is 0 Å². The van der Waals surface area contributed by atoms with E-state index in [2.05, 4.69) is 15.3 Å². The van der Waals surface area contributed by atoms with Crippen molar-refractivity contribution in [3.63, 3.8) is 0 Å². The van der Waals surface area contributed by atoms with Crippen LogP contribution in [0.1, 0.15) is 26.6 Å². The van der Waals surface area contributed by atoms with Crippen LogP contribution < -0.4 is 5.32 Å². The Morgan fingerprint density at radius 2 is 1.93 bits per heavy atom. The first-order chi connectivity index (χ1) is 12.7. The molecule has 0 aliphatic carbocycles. The molecule has 0 aliphatic heterocycles. The van der Waals surface area contributed by atoms with Crippen molar-refractivity contribution in [1.82, 2.24) is 9.97 Å². The second-order valence-electron chi connectivity index (χ2n) is 6.31. The molecule has 27 heavy (non-hydrogen) atoms. The number of rotatable bonds is 2. The predicted molar refractivity (Wildman–Crippen MR) is 100 cm³/mol. The fraction of sp³-hybridized carbons (Fsp3) is 0.158. The minimum Gasteiger partial charge on any atom is -0.359 e. The van der Waals surface area contributed by atoms with Crippen LogP contribution in [0.15, 0.2) is 36.4 Å². The number of nitrogens with one attached hydrogen (secondary N) is 2. The number of nitrogens with zero attached hydrogens (tertiary/aromatic N) is 1. The van der Waals surface area contributed by atoms with Crippen molar-refractivity contribution >= 4 is 44.1 Å². The second kappa shape index (κ2) is 6.09. The first kappa shape index (κ1) is 17.5. The van der Waals surface area contributed by atoms with Crippen LogP contribution in [0.2, 0.25) is 0 Å². The van der Waals surface area contributed by atoms with Gasteiger partial charge in [-0.1, -0.05) is 0 Å². The van der Waals surface area contributed by atoms with E-state index in [0.717, 1.165) is 34.0 Å². The molecule has 0 saturated carbocycles. The van der Waals surface area contributed by atoms with Crippen molar-refractivity contribution in [3.8, 4) is 0 Å². The number of pyridine rings is 1. The standard InChI is InChI=1S/C19H14F3N3OS/c1-9-7-11-8-12(3-5-14(11)23-9)24-17(26)16-10(2)13-4-6-15(19(20,21)22)25-18(13)27-16/h3-8,23H,1-2H3,(H,24,26). The Labute approximate surface area is 156 Å². The van der Waals surface area contributed by atoms with Gasteiger partial charge in [0.2, 0.25) is 0 Å². The van der Waals surface area contributed by atoms with Crippen LogP contribution in [0.5, 0.6) is 0 Å². The molecule has 2 N–H and O–H groups in total. The lowest BCUT2D eigenvalue weighted by Crippen LogP contribution is -2.11. The maximum atomic E-state index is 12.9. The summed E-state index contributed by atoms with van der Waals surface area (Å²) in [7, 11) is 0. The summed E-state index contributed by atoms with van der Waals surface area (Å²) in [6, 6.07) is 9.76. The molecular weight excluding hydrogens is 375 g/mol. The number of amides is 1. The number of aryl methyl sites for hydroxylation is 2. The SMILES string of the molecule is Cc1cc2cc(NC(=O)c3sc4nc(C(F)(F)F)ccc4c3C)ccc2[nH]1.